The topological polar surface area (TPSA) is 79.2 Å². The van der Waals surface area contributed by atoms with Crippen molar-refractivity contribution in [2.45, 2.75) is 53.7 Å². The first kappa shape index (κ1) is 18.2. The van der Waals surface area contributed by atoms with Gasteiger partial charge in [0.25, 0.3) is 0 Å². The van der Waals surface area contributed by atoms with Crippen molar-refractivity contribution in [1.82, 2.24) is 0 Å². The van der Waals surface area contributed by atoms with Crippen LogP contribution in [0.3, 0.4) is 0 Å². The molecule has 1 aromatic carbocycles. The summed E-state index contributed by atoms with van der Waals surface area (Å²) in [5.74, 6) is -0.299. The molecule has 0 saturated heterocycles. The molecule has 0 bridgehead atoms. The minimum Gasteiger partial charge on any atom is -0.667 e. The fraction of sp³-hybridized carbons (Fsp3) is 0.529. The van der Waals surface area contributed by atoms with E-state index < -0.39 is 6.04 Å². The molecule has 2 N–H and O–H groups in total. The molecule has 0 aliphatic carbocycles. The summed E-state index contributed by atoms with van der Waals surface area (Å²) in [6.45, 7) is 9.36. The highest BCUT2D eigenvalue weighted by Crippen LogP contribution is 2.23. The molecule has 1 amide bonds. The summed E-state index contributed by atoms with van der Waals surface area (Å²) in [5.41, 5.74) is 11.3. The average molecular weight is 305 g/mol. The minimum absolute atomic E-state index is 0.222. The number of anilines is 1. The Morgan fingerprint density at radius 2 is 1.77 bits per heavy atom. The number of ether oxygens (including phenoxy) is 1. The molecule has 0 radical (unpaired) electrons. The molecule has 0 aromatic heterocycles. The van der Waals surface area contributed by atoms with Crippen LogP contribution in [0.1, 0.15) is 43.9 Å². The first-order valence-corrected chi connectivity index (χ1v) is 7.46. The van der Waals surface area contributed by atoms with Crippen LogP contribution in [0.15, 0.2) is 12.1 Å². The molecule has 0 spiro atoms. The summed E-state index contributed by atoms with van der Waals surface area (Å²) in [6.07, 6.45) is 0.536. The number of nitrogens with one attached hydrogen (secondary N) is 2. The molecule has 0 aliphatic rings. The van der Waals surface area contributed by atoms with Crippen molar-refractivity contribution in [1.29, 1.82) is 0 Å². The van der Waals surface area contributed by atoms with E-state index in [1.807, 2.05) is 39.8 Å². The summed E-state index contributed by atoms with van der Waals surface area (Å²) in [4.78, 5) is 22.9. The Balaban J connectivity index is 2.83. The van der Waals surface area contributed by atoms with Crippen molar-refractivity contribution in [2.75, 3.05) is 5.32 Å². The van der Waals surface area contributed by atoms with Gasteiger partial charge in [0.1, 0.15) is 6.61 Å². The molecule has 5 heteroatoms. The zero-order valence-corrected chi connectivity index (χ0v) is 13.9. The Kier molecular flexibility index (Phi) is 6.56. The number of carbonyl (C=O) groups excluding carboxylic acids is 2. The van der Waals surface area contributed by atoms with Gasteiger partial charge in [-0.1, -0.05) is 38.4 Å². The predicted octanol–water partition coefficient (Wildman–Crippen LogP) is 3.77. The number of hydrogen-bond acceptors (Lipinski definition) is 3. The Morgan fingerprint density at radius 3 is 2.23 bits per heavy atom. The van der Waals surface area contributed by atoms with Crippen LogP contribution >= 0.6 is 0 Å². The van der Waals surface area contributed by atoms with E-state index in [1.54, 1.807) is 0 Å². The van der Waals surface area contributed by atoms with Gasteiger partial charge in [-0.2, -0.15) is 0 Å². The van der Waals surface area contributed by atoms with Gasteiger partial charge in [-0.05, 0) is 36.5 Å². The van der Waals surface area contributed by atoms with E-state index in [0.29, 0.717) is 12.3 Å². The lowest BCUT2D eigenvalue weighted by molar-refractivity contribution is -0.142. The van der Waals surface area contributed by atoms with Gasteiger partial charge < -0.3 is 15.8 Å². The lowest BCUT2D eigenvalue weighted by Gasteiger charge is -2.23. The maximum absolute atomic E-state index is 12.1. The molecule has 5 nitrogen and oxygen atoms in total. The molecule has 0 fully saturated rings. The summed E-state index contributed by atoms with van der Waals surface area (Å²) >= 11 is 0. The van der Waals surface area contributed by atoms with Crippen LogP contribution in [0.4, 0.5) is 5.69 Å². The molecule has 1 aromatic rings. The molecule has 1 atom stereocenters. The van der Waals surface area contributed by atoms with Gasteiger partial charge in [-0.3, -0.25) is 9.59 Å². The van der Waals surface area contributed by atoms with Crippen LogP contribution in [-0.4, -0.2) is 17.9 Å². The van der Waals surface area contributed by atoms with E-state index in [0.717, 1.165) is 22.4 Å². The Morgan fingerprint density at radius 1 is 1.23 bits per heavy atom. The lowest BCUT2D eigenvalue weighted by atomic mass is 10.0. The molecule has 1 unspecified atom stereocenters. The maximum Gasteiger partial charge on any atom is 0.302 e. The monoisotopic (exact) mass is 305 g/mol. The van der Waals surface area contributed by atoms with Crippen molar-refractivity contribution in [3.05, 3.63) is 34.6 Å². The van der Waals surface area contributed by atoms with Gasteiger partial charge in [0, 0.05) is 12.6 Å². The van der Waals surface area contributed by atoms with Gasteiger partial charge in [0.15, 0.2) is 0 Å². The third-order valence-electron chi connectivity index (χ3n) is 3.31. The van der Waals surface area contributed by atoms with Crippen LogP contribution in [0, 0.1) is 19.8 Å². The normalized spacial score (nSPS) is 12.1. The third-order valence-corrected chi connectivity index (χ3v) is 3.31. The van der Waals surface area contributed by atoms with Crippen LogP contribution in [-0.2, 0) is 20.9 Å². The Labute approximate surface area is 132 Å². The molecule has 0 heterocycles. The van der Waals surface area contributed by atoms with Gasteiger partial charge in [0.2, 0.25) is 5.91 Å². The molecule has 0 saturated carbocycles. The predicted molar refractivity (Wildman–Crippen MR) is 87.6 cm³/mol. The molecule has 22 heavy (non-hydrogen) atoms. The number of benzene rings is 1. The quantitative estimate of drug-likeness (QED) is 0.812. The molecule has 1 rings (SSSR count). The van der Waals surface area contributed by atoms with E-state index in [4.69, 9.17) is 10.5 Å². The van der Waals surface area contributed by atoms with Gasteiger partial charge >= 0.3 is 5.97 Å². The Hall–Kier alpha value is -1.88. The number of rotatable bonds is 6. The fourth-order valence-corrected chi connectivity index (χ4v) is 2.31. The summed E-state index contributed by atoms with van der Waals surface area (Å²) in [6, 6.07) is 3.00. The number of carbonyl (C=O) groups is 2. The number of amides is 1. The van der Waals surface area contributed by atoms with Crippen LogP contribution in [0.25, 0.3) is 5.73 Å². The van der Waals surface area contributed by atoms with Gasteiger partial charge in [-0.15, -0.1) is 0 Å². The number of hydrogen-bond donors (Lipinski definition) is 1. The second-order valence-electron chi connectivity index (χ2n) is 6.06. The fourth-order valence-electron chi connectivity index (χ4n) is 2.31. The highest BCUT2D eigenvalue weighted by atomic mass is 16.5. The van der Waals surface area contributed by atoms with E-state index >= 15 is 0 Å². The van der Waals surface area contributed by atoms with Crippen LogP contribution in [0.5, 0.6) is 0 Å². The first-order chi connectivity index (χ1) is 10.2. The van der Waals surface area contributed by atoms with Crippen LogP contribution in [0.2, 0.25) is 0 Å². The summed E-state index contributed by atoms with van der Waals surface area (Å²) in [5, 5.41) is 2.84. The van der Waals surface area contributed by atoms with Gasteiger partial charge in [-0.25, -0.2) is 0 Å². The second-order valence-corrected chi connectivity index (χ2v) is 6.06. The van der Waals surface area contributed by atoms with E-state index in [-0.39, 0.29) is 18.5 Å². The third kappa shape index (κ3) is 5.48. The smallest absolute Gasteiger partial charge is 0.302 e. The standard InChI is InChI=1S/C17H25N2O3/c1-10(2)6-15(18)17(21)19-16-11(3)7-14(8-12(16)4)9-22-13(5)20/h7-8,10,15,18H,6,9H2,1-5H3,(H,19,21)/q-1. The summed E-state index contributed by atoms with van der Waals surface area (Å²) < 4.78 is 4.98. The zero-order valence-electron chi connectivity index (χ0n) is 13.9. The SMILES string of the molecule is CC(=O)OCc1cc(C)c(NC(=O)C([NH-])CC(C)C)c(C)c1. The molecular weight excluding hydrogens is 280 g/mol. The lowest BCUT2D eigenvalue weighted by Crippen LogP contribution is -2.26. The highest BCUT2D eigenvalue weighted by Gasteiger charge is 2.13. The largest absolute Gasteiger partial charge is 0.667 e. The summed E-state index contributed by atoms with van der Waals surface area (Å²) in [7, 11) is 0. The van der Waals surface area contributed by atoms with E-state index in [1.165, 1.54) is 6.92 Å². The number of aryl methyl sites for hydroxylation is 2. The minimum atomic E-state index is -0.764. The number of esters is 1. The first-order valence-electron chi connectivity index (χ1n) is 7.46. The molecule has 0 aliphatic heterocycles. The maximum atomic E-state index is 12.1. The highest BCUT2D eigenvalue weighted by molar-refractivity contribution is 5.97. The van der Waals surface area contributed by atoms with Crippen molar-refractivity contribution >= 4 is 17.6 Å². The van der Waals surface area contributed by atoms with Crippen molar-refractivity contribution in [3.63, 3.8) is 0 Å². The molecule has 122 valence electrons. The van der Waals surface area contributed by atoms with E-state index in [9.17, 15) is 9.59 Å². The Bertz CT molecular complexity index is 530. The van der Waals surface area contributed by atoms with Gasteiger partial charge in [0.05, 0.1) is 0 Å². The van der Waals surface area contributed by atoms with Crippen molar-refractivity contribution in [3.8, 4) is 0 Å². The van der Waals surface area contributed by atoms with Crippen molar-refractivity contribution in [2.24, 2.45) is 5.92 Å². The molecular formula is C17H25N2O3-. The van der Waals surface area contributed by atoms with Crippen molar-refractivity contribution < 1.29 is 14.3 Å². The second kappa shape index (κ2) is 7.94. The average Bonchev–Trinajstić information content (AvgIpc) is 2.39. The van der Waals surface area contributed by atoms with E-state index in [2.05, 4.69) is 5.32 Å². The van der Waals surface area contributed by atoms with Crippen LogP contribution < -0.4 is 5.32 Å². The zero-order chi connectivity index (χ0) is 16.9.